The van der Waals surface area contributed by atoms with Gasteiger partial charge in [0.05, 0.1) is 0 Å². The van der Waals surface area contributed by atoms with Crippen molar-refractivity contribution in [3.8, 4) is 5.75 Å². The summed E-state index contributed by atoms with van der Waals surface area (Å²) in [6.07, 6.45) is 0.0243. The van der Waals surface area contributed by atoms with Gasteiger partial charge in [-0.05, 0) is 30.5 Å². The molecule has 1 aromatic rings. The first-order chi connectivity index (χ1) is 11.3. The van der Waals surface area contributed by atoms with Gasteiger partial charge in [-0.25, -0.2) is 17.8 Å². The molecule has 2 heterocycles. The van der Waals surface area contributed by atoms with Crippen molar-refractivity contribution in [2.75, 3.05) is 30.5 Å². The fourth-order valence-electron chi connectivity index (χ4n) is 2.95. The van der Waals surface area contributed by atoms with E-state index in [4.69, 9.17) is 0 Å². The molecular formula is C14H17F2N3O4S. The van der Waals surface area contributed by atoms with Crippen LogP contribution < -0.4 is 9.03 Å². The first-order valence-electron chi connectivity index (χ1n) is 7.47. The van der Waals surface area contributed by atoms with Crippen LogP contribution in [0.2, 0.25) is 0 Å². The van der Waals surface area contributed by atoms with E-state index in [1.807, 2.05) is 4.90 Å². The number of hydrogen-bond donors (Lipinski definition) is 2. The maximum Gasteiger partial charge on any atom is 0.326 e. The molecule has 0 aliphatic carbocycles. The number of alkyl halides is 1. The van der Waals surface area contributed by atoms with E-state index in [2.05, 4.69) is 0 Å². The second kappa shape index (κ2) is 6.17. The van der Waals surface area contributed by atoms with E-state index in [1.165, 1.54) is 6.07 Å². The molecule has 2 N–H and O–H groups in total. The molecule has 2 aliphatic rings. The third-order valence-corrected chi connectivity index (χ3v) is 5.48. The Hall–Kier alpha value is -1.94. The SMILES string of the molecule is O=C1CN(c2c(O)cc(CCN3CC[C@@H](F)C3)cc2F)S(=O)(=O)N1. The minimum absolute atomic E-state index is 0.340. The summed E-state index contributed by atoms with van der Waals surface area (Å²) in [4.78, 5) is 13.1. The van der Waals surface area contributed by atoms with E-state index in [1.54, 1.807) is 4.72 Å². The van der Waals surface area contributed by atoms with Gasteiger partial charge in [-0.3, -0.25) is 4.79 Å². The Morgan fingerprint density at radius 2 is 2.12 bits per heavy atom. The van der Waals surface area contributed by atoms with Gasteiger partial charge in [-0.15, -0.1) is 0 Å². The number of nitrogens with zero attached hydrogens (tertiary/aromatic N) is 2. The Balaban J connectivity index is 1.78. The van der Waals surface area contributed by atoms with Crippen molar-refractivity contribution in [3.05, 3.63) is 23.5 Å². The van der Waals surface area contributed by atoms with Crippen LogP contribution in [-0.4, -0.2) is 56.7 Å². The number of rotatable bonds is 4. The van der Waals surface area contributed by atoms with Gasteiger partial charge in [0.2, 0.25) is 0 Å². The van der Waals surface area contributed by atoms with Crippen molar-refractivity contribution in [1.29, 1.82) is 0 Å². The monoisotopic (exact) mass is 361 g/mol. The molecule has 1 atom stereocenters. The highest BCUT2D eigenvalue weighted by Crippen LogP contribution is 2.34. The standard InChI is InChI=1S/C14H17F2N3O4S/c15-10-2-4-18(7-10)3-1-9-5-11(16)14(12(20)6-9)19-8-13(21)17-24(19,22)23/h5-6,10,20H,1-4,7-8H2,(H,17,21)/t10-/m1/s1. The zero-order valence-corrected chi connectivity index (χ0v) is 13.5. The average Bonchev–Trinajstić information content (AvgIpc) is 2.99. The lowest BCUT2D eigenvalue weighted by atomic mass is 10.1. The molecule has 10 heteroatoms. The lowest BCUT2D eigenvalue weighted by Crippen LogP contribution is -2.30. The zero-order valence-electron chi connectivity index (χ0n) is 12.7. The number of likely N-dealkylation sites (tertiary alicyclic amines) is 1. The van der Waals surface area contributed by atoms with Gasteiger partial charge in [0, 0.05) is 19.6 Å². The predicted octanol–water partition coefficient (Wildman–Crippen LogP) is 0.299. The highest BCUT2D eigenvalue weighted by molar-refractivity contribution is 7.92. The largest absolute Gasteiger partial charge is 0.506 e. The fourth-order valence-corrected chi connectivity index (χ4v) is 4.12. The van der Waals surface area contributed by atoms with Crippen molar-refractivity contribution < 1.29 is 27.1 Å². The summed E-state index contributed by atoms with van der Waals surface area (Å²) in [5.74, 6) is -2.29. The van der Waals surface area contributed by atoms with E-state index in [0.717, 1.165) is 6.07 Å². The fraction of sp³-hybridized carbons (Fsp3) is 0.500. The van der Waals surface area contributed by atoms with Gasteiger partial charge in [0.15, 0.2) is 5.82 Å². The third kappa shape index (κ3) is 3.29. The maximum atomic E-state index is 14.3. The summed E-state index contributed by atoms with van der Waals surface area (Å²) in [5.41, 5.74) is -0.0889. The summed E-state index contributed by atoms with van der Waals surface area (Å²) < 4.78 is 53.2. The molecule has 7 nitrogen and oxygen atoms in total. The van der Waals surface area contributed by atoms with E-state index in [-0.39, 0.29) is 0 Å². The van der Waals surface area contributed by atoms with Crippen LogP contribution in [0.5, 0.6) is 5.75 Å². The first kappa shape index (κ1) is 16.9. The van der Waals surface area contributed by atoms with Crippen molar-refractivity contribution >= 4 is 21.8 Å². The van der Waals surface area contributed by atoms with Gasteiger partial charge in [0.25, 0.3) is 5.91 Å². The Labute approximate surface area is 138 Å². The van der Waals surface area contributed by atoms with Gasteiger partial charge in [-0.2, -0.15) is 8.42 Å². The number of aromatic hydroxyl groups is 1. The second-order valence-corrected chi connectivity index (χ2v) is 7.51. The van der Waals surface area contributed by atoms with Gasteiger partial charge < -0.3 is 10.0 Å². The molecule has 0 saturated carbocycles. The summed E-state index contributed by atoms with van der Waals surface area (Å²) in [5, 5.41) is 10.0. The van der Waals surface area contributed by atoms with E-state index < -0.39 is 46.1 Å². The van der Waals surface area contributed by atoms with Crippen molar-refractivity contribution in [2.45, 2.75) is 19.0 Å². The molecule has 2 saturated heterocycles. The molecule has 0 aromatic heterocycles. The summed E-state index contributed by atoms with van der Waals surface area (Å²) in [6.45, 7) is 0.901. The smallest absolute Gasteiger partial charge is 0.326 e. The molecular weight excluding hydrogens is 344 g/mol. The number of benzene rings is 1. The van der Waals surface area contributed by atoms with Gasteiger partial charge in [0.1, 0.15) is 24.2 Å². The second-order valence-electron chi connectivity index (χ2n) is 5.92. The molecule has 2 fully saturated rings. The minimum atomic E-state index is -4.19. The molecule has 24 heavy (non-hydrogen) atoms. The topological polar surface area (TPSA) is 90.0 Å². The van der Waals surface area contributed by atoms with Crippen molar-refractivity contribution in [2.24, 2.45) is 0 Å². The van der Waals surface area contributed by atoms with Crippen molar-refractivity contribution in [1.82, 2.24) is 9.62 Å². The van der Waals surface area contributed by atoms with Crippen LogP contribution in [0.4, 0.5) is 14.5 Å². The number of hydrogen-bond acceptors (Lipinski definition) is 5. The summed E-state index contributed by atoms with van der Waals surface area (Å²) >= 11 is 0. The van der Waals surface area contributed by atoms with Crippen LogP contribution in [0.1, 0.15) is 12.0 Å². The summed E-state index contributed by atoms with van der Waals surface area (Å²) in [7, 11) is -4.19. The highest BCUT2D eigenvalue weighted by atomic mass is 32.2. The normalized spacial score (nSPS) is 23.7. The Morgan fingerprint density at radius 1 is 1.38 bits per heavy atom. The lowest BCUT2D eigenvalue weighted by molar-refractivity contribution is -0.117. The highest BCUT2D eigenvalue weighted by Gasteiger charge is 2.37. The van der Waals surface area contributed by atoms with Crippen LogP contribution >= 0.6 is 0 Å². The number of phenolic OH excluding ortho intramolecular Hbond substituents is 1. The first-order valence-corrected chi connectivity index (χ1v) is 8.91. The number of phenols is 1. The van der Waals surface area contributed by atoms with Gasteiger partial charge in [-0.1, -0.05) is 0 Å². The van der Waals surface area contributed by atoms with Crippen LogP contribution in [0, 0.1) is 5.82 Å². The third-order valence-electron chi connectivity index (χ3n) is 4.10. The quantitative estimate of drug-likeness (QED) is 0.805. The van der Waals surface area contributed by atoms with E-state index in [9.17, 15) is 27.1 Å². The summed E-state index contributed by atoms with van der Waals surface area (Å²) in [6, 6.07) is 2.39. The number of carbonyl (C=O) groups is 1. The number of halogens is 2. The Kier molecular flexibility index (Phi) is 4.35. The predicted molar refractivity (Wildman–Crippen MR) is 82.1 cm³/mol. The Bertz CT molecular complexity index is 748. The van der Waals surface area contributed by atoms with Crippen LogP contribution in [0.3, 0.4) is 0 Å². The molecule has 0 radical (unpaired) electrons. The molecule has 132 valence electrons. The minimum Gasteiger partial charge on any atom is -0.506 e. The van der Waals surface area contributed by atoms with Gasteiger partial charge >= 0.3 is 10.2 Å². The molecule has 1 aromatic carbocycles. The molecule has 1 amide bonds. The average molecular weight is 361 g/mol. The Morgan fingerprint density at radius 3 is 2.67 bits per heavy atom. The molecule has 3 rings (SSSR count). The number of anilines is 1. The molecule has 2 aliphatic heterocycles. The number of carbonyl (C=O) groups excluding carboxylic acids is 1. The molecule has 0 unspecified atom stereocenters. The zero-order chi connectivity index (χ0) is 17.5. The molecule has 0 bridgehead atoms. The maximum absolute atomic E-state index is 14.3. The molecule has 0 spiro atoms. The van der Waals surface area contributed by atoms with Crippen LogP contribution in [-0.2, 0) is 21.4 Å². The number of nitrogens with one attached hydrogen (secondary N) is 1. The van der Waals surface area contributed by atoms with E-state index >= 15 is 0 Å². The van der Waals surface area contributed by atoms with Crippen LogP contribution in [0.15, 0.2) is 12.1 Å². The van der Waals surface area contributed by atoms with Crippen LogP contribution in [0.25, 0.3) is 0 Å². The van der Waals surface area contributed by atoms with Crippen molar-refractivity contribution in [3.63, 3.8) is 0 Å². The number of amides is 1. The van der Waals surface area contributed by atoms with E-state index in [0.29, 0.717) is 42.3 Å². The lowest BCUT2D eigenvalue weighted by Gasteiger charge is -2.19.